The van der Waals surface area contributed by atoms with E-state index in [9.17, 15) is 0 Å². The Hall–Kier alpha value is 0.951. The average Bonchev–Trinajstić information content (AvgIpc) is 2.45. The van der Waals surface area contributed by atoms with Crippen molar-refractivity contribution in [2.45, 2.75) is 45.5 Å². The normalized spacial score (nSPS) is 16.9. The first-order valence-electron chi connectivity index (χ1n) is 5.23. The van der Waals surface area contributed by atoms with Crippen molar-refractivity contribution >= 4 is 8.32 Å². The Morgan fingerprint density at radius 1 is 1.38 bits per heavy atom. The summed E-state index contributed by atoms with van der Waals surface area (Å²) in [6.45, 7) is 8.97. The molecule has 0 saturated carbocycles. The van der Waals surface area contributed by atoms with Gasteiger partial charge in [-0.2, -0.15) is 0 Å². The topological polar surface area (TPSA) is 9.23 Å². The van der Waals surface area contributed by atoms with E-state index < -0.39 is 8.32 Å². The van der Waals surface area contributed by atoms with Crippen LogP contribution in [0.1, 0.15) is 19.8 Å². The molecule has 0 aromatic heterocycles. The van der Waals surface area contributed by atoms with Gasteiger partial charge in [-0.3, -0.25) is 0 Å². The van der Waals surface area contributed by atoms with Gasteiger partial charge in [0.1, 0.15) is 0 Å². The van der Waals surface area contributed by atoms with E-state index in [1.165, 1.54) is 9.45 Å². The van der Waals surface area contributed by atoms with E-state index in [1.54, 1.807) is 0 Å². The van der Waals surface area contributed by atoms with Gasteiger partial charge in [0.15, 0.2) is 0 Å². The summed E-state index contributed by atoms with van der Waals surface area (Å²) in [5.41, 5.74) is 1.43. The monoisotopic (exact) mass is 313 g/mol. The van der Waals surface area contributed by atoms with Crippen LogP contribution in [0.25, 0.3) is 0 Å². The number of rotatable bonds is 4. The third-order valence-corrected chi connectivity index (χ3v) is 3.94. The van der Waals surface area contributed by atoms with E-state index in [0.29, 0.717) is 6.10 Å². The molecular formula is C11H19Cl2OSiTi. The van der Waals surface area contributed by atoms with E-state index in [4.69, 9.17) is 4.43 Å². The standard InChI is InChI=1S/C11H19OSi.2ClH.Ti/c1-5-11(12-13(2,3)4)10-8-6-7-9-10;;;/h6,8,11H,5,7H2,1-4H3;2*1H;/q;;;+2/p-2. The maximum absolute atomic E-state index is 6.17. The fourth-order valence-corrected chi connectivity index (χ4v) is 3.33. The van der Waals surface area contributed by atoms with Crippen LogP contribution in [0, 0.1) is 0 Å². The number of halogens is 2. The smallest absolute Gasteiger partial charge is 1.00 e. The molecule has 0 radical (unpaired) electrons. The molecule has 0 aromatic rings. The van der Waals surface area contributed by atoms with Crippen LogP contribution >= 0.6 is 0 Å². The Kier molecular flexibility index (Phi) is 9.80. The molecule has 0 amide bonds. The Bertz CT molecular complexity index is 272. The van der Waals surface area contributed by atoms with Gasteiger partial charge in [0.05, 0.1) is 0 Å². The van der Waals surface area contributed by atoms with Crippen molar-refractivity contribution < 1.29 is 49.7 Å². The Balaban J connectivity index is 0. The second-order valence-electron chi connectivity index (χ2n) is 4.67. The summed E-state index contributed by atoms with van der Waals surface area (Å²) in [5, 5.41) is 0. The predicted octanol–water partition coefficient (Wildman–Crippen LogP) is -2.61. The van der Waals surface area contributed by atoms with E-state index in [0.717, 1.165) is 12.8 Å². The van der Waals surface area contributed by atoms with Crippen LogP contribution in [0.2, 0.25) is 19.6 Å². The Morgan fingerprint density at radius 2 is 1.94 bits per heavy atom. The zero-order valence-electron chi connectivity index (χ0n) is 10.3. The van der Waals surface area contributed by atoms with Gasteiger partial charge >= 0.3 is 100 Å². The maximum atomic E-state index is 6.17. The molecule has 0 fully saturated rings. The van der Waals surface area contributed by atoms with Gasteiger partial charge in [-0.05, 0) is 0 Å². The largest absolute Gasteiger partial charge is 1.00 e. The molecule has 1 aliphatic carbocycles. The minimum atomic E-state index is -1.41. The van der Waals surface area contributed by atoms with Crippen molar-refractivity contribution in [2.75, 3.05) is 0 Å². The van der Waals surface area contributed by atoms with Crippen LogP contribution in [0.4, 0.5) is 0 Å². The summed E-state index contributed by atoms with van der Waals surface area (Å²) in [4.78, 5) is 0. The molecule has 0 heterocycles. The summed E-state index contributed by atoms with van der Waals surface area (Å²) in [6, 6.07) is 0. The van der Waals surface area contributed by atoms with Gasteiger partial charge in [-0.25, -0.2) is 0 Å². The van der Waals surface area contributed by atoms with Crippen molar-refractivity contribution in [3.8, 4) is 0 Å². The zero-order chi connectivity index (χ0) is 10.8. The molecule has 0 aromatic carbocycles. The molecule has 0 spiro atoms. The zero-order valence-corrected chi connectivity index (χ0v) is 14.4. The molecule has 1 nitrogen and oxygen atoms in total. The summed E-state index contributed by atoms with van der Waals surface area (Å²) < 4.78 is 7.65. The van der Waals surface area contributed by atoms with Gasteiger partial charge in [0.2, 0.25) is 0 Å². The maximum Gasteiger partial charge on any atom is -1.00 e. The second-order valence-corrected chi connectivity index (χ2v) is 10.1. The summed E-state index contributed by atoms with van der Waals surface area (Å²) in [6.07, 6.45) is 7.01. The van der Waals surface area contributed by atoms with Gasteiger partial charge < -0.3 is 24.8 Å². The van der Waals surface area contributed by atoms with Gasteiger partial charge in [0, 0.05) is 0 Å². The molecule has 1 rings (SSSR count). The van der Waals surface area contributed by atoms with Crippen LogP contribution in [-0.4, -0.2) is 14.4 Å². The first-order valence-corrected chi connectivity index (χ1v) is 9.42. The molecule has 1 aliphatic rings. The van der Waals surface area contributed by atoms with Gasteiger partial charge in [-0.15, -0.1) is 0 Å². The fraction of sp³-hybridized carbons (Fsp3) is 0.636. The Labute approximate surface area is 124 Å². The van der Waals surface area contributed by atoms with Crippen molar-refractivity contribution in [1.29, 1.82) is 0 Å². The molecule has 0 saturated heterocycles. The minimum absolute atomic E-state index is 0. The number of hydrogen-bond donors (Lipinski definition) is 0. The van der Waals surface area contributed by atoms with Crippen LogP contribution in [0.3, 0.4) is 0 Å². The molecule has 0 N–H and O–H groups in total. The minimum Gasteiger partial charge on any atom is -1.00 e. The van der Waals surface area contributed by atoms with E-state index in [-0.39, 0.29) is 24.8 Å². The van der Waals surface area contributed by atoms with E-state index in [1.807, 2.05) is 0 Å². The molecule has 16 heavy (non-hydrogen) atoms. The molecule has 0 aliphatic heterocycles. The molecule has 91 valence electrons. The van der Waals surface area contributed by atoms with Gasteiger partial charge in [-0.1, -0.05) is 0 Å². The van der Waals surface area contributed by atoms with Crippen molar-refractivity contribution in [1.82, 2.24) is 0 Å². The molecular weight excluding hydrogens is 295 g/mol. The molecule has 0 bridgehead atoms. The van der Waals surface area contributed by atoms with Crippen LogP contribution < -0.4 is 24.8 Å². The first kappa shape index (κ1) is 19.3. The van der Waals surface area contributed by atoms with Crippen LogP contribution in [-0.2, 0) is 24.9 Å². The molecule has 1 unspecified atom stereocenters. The number of hydrogen-bond acceptors (Lipinski definition) is 1. The fourth-order valence-electron chi connectivity index (χ4n) is 1.62. The van der Waals surface area contributed by atoms with E-state index >= 15 is 0 Å². The van der Waals surface area contributed by atoms with Crippen molar-refractivity contribution in [3.63, 3.8) is 0 Å². The van der Waals surface area contributed by atoms with Crippen LogP contribution in [0.15, 0.2) is 21.6 Å². The quantitative estimate of drug-likeness (QED) is 0.517. The summed E-state index contributed by atoms with van der Waals surface area (Å²) >= 11 is 2.21. The van der Waals surface area contributed by atoms with E-state index in [2.05, 4.69) is 59.2 Å². The third kappa shape index (κ3) is 6.04. The second kappa shape index (κ2) is 8.12. The third-order valence-electron chi connectivity index (χ3n) is 2.18. The molecule has 5 heteroatoms. The number of allylic oxidation sites excluding steroid dienone is 2. The first-order chi connectivity index (χ1) is 6.44. The summed E-state index contributed by atoms with van der Waals surface area (Å²) in [5.74, 6) is 0. The van der Waals surface area contributed by atoms with Crippen LogP contribution in [0.5, 0.6) is 0 Å². The van der Waals surface area contributed by atoms with Crippen molar-refractivity contribution in [3.05, 3.63) is 21.6 Å². The molecule has 1 atom stereocenters. The van der Waals surface area contributed by atoms with Crippen molar-refractivity contribution in [2.24, 2.45) is 0 Å². The summed E-state index contributed by atoms with van der Waals surface area (Å²) in [7, 11) is -1.41. The SMILES string of the molecule is CCC(O[Si](C)(C)C)C1=[C]([Ti+2])CC=C1.[Cl-].[Cl-]. The Morgan fingerprint density at radius 3 is 2.25 bits per heavy atom. The predicted molar refractivity (Wildman–Crippen MR) is 59.3 cm³/mol. The average molecular weight is 314 g/mol. The van der Waals surface area contributed by atoms with Gasteiger partial charge in [0.25, 0.3) is 0 Å².